The fourth-order valence-electron chi connectivity index (χ4n) is 2.17. The predicted octanol–water partition coefficient (Wildman–Crippen LogP) is 2.36. The number of primary amides is 1. The van der Waals surface area contributed by atoms with Crippen LogP contribution in [0.5, 0.6) is 0 Å². The van der Waals surface area contributed by atoms with Crippen LogP contribution in [0.4, 0.5) is 5.13 Å². The molecule has 0 saturated heterocycles. The van der Waals surface area contributed by atoms with Crippen molar-refractivity contribution in [3.05, 3.63) is 42.2 Å². The van der Waals surface area contributed by atoms with Crippen LogP contribution < -0.4 is 11.5 Å². The Kier molecular flexibility index (Phi) is 3.53. The van der Waals surface area contributed by atoms with E-state index in [0.717, 1.165) is 26.9 Å². The van der Waals surface area contributed by atoms with E-state index in [2.05, 4.69) is 16.0 Å². The van der Waals surface area contributed by atoms with Crippen LogP contribution in [-0.2, 0) is 11.2 Å². The van der Waals surface area contributed by atoms with Crippen LogP contribution >= 0.6 is 11.3 Å². The lowest BCUT2D eigenvalue weighted by Crippen LogP contribution is -2.11. The average Bonchev–Trinajstić information content (AvgIpc) is 2.84. The number of nitrogens with two attached hydrogens (primary N) is 2. The van der Waals surface area contributed by atoms with Crippen molar-refractivity contribution in [1.82, 2.24) is 9.97 Å². The third-order valence-electron chi connectivity index (χ3n) is 3.19. The number of aromatic nitrogens is 2. The molecular weight excluding hydrogens is 284 g/mol. The van der Waals surface area contributed by atoms with E-state index in [9.17, 15) is 4.79 Å². The van der Waals surface area contributed by atoms with Crippen molar-refractivity contribution in [2.24, 2.45) is 5.73 Å². The van der Waals surface area contributed by atoms with Crippen molar-refractivity contribution in [1.29, 1.82) is 0 Å². The Morgan fingerprint density at radius 3 is 2.86 bits per heavy atom. The SMILES string of the molecule is NC(=O)CCc1cncc(-c2ccc3nc(N)sc3c2)c1. The Morgan fingerprint density at radius 1 is 1.19 bits per heavy atom. The molecular formula is C15H14N4OS. The summed E-state index contributed by atoms with van der Waals surface area (Å²) < 4.78 is 1.05. The molecule has 0 aliphatic rings. The van der Waals surface area contributed by atoms with Crippen LogP contribution in [-0.4, -0.2) is 15.9 Å². The minimum atomic E-state index is -0.304. The molecule has 3 aromatic rings. The van der Waals surface area contributed by atoms with Crippen molar-refractivity contribution in [3.8, 4) is 11.1 Å². The van der Waals surface area contributed by atoms with Crippen LogP contribution in [0.15, 0.2) is 36.7 Å². The topological polar surface area (TPSA) is 94.9 Å². The zero-order chi connectivity index (χ0) is 14.8. The summed E-state index contributed by atoms with van der Waals surface area (Å²) in [5, 5.41) is 0.565. The Bertz CT molecular complexity index is 812. The molecule has 2 heterocycles. The zero-order valence-corrected chi connectivity index (χ0v) is 12.1. The second kappa shape index (κ2) is 5.49. The molecule has 0 aliphatic carbocycles. The van der Waals surface area contributed by atoms with Gasteiger partial charge in [-0.2, -0.15) is 0 Å². The Morgan fingerprint density at radius 2 is 2.05 bits per heavy atom. The smallest absolute Gasteiger partial charge is 0.217 e. The third-order valence-corrected chi connectivity index (χ3v) is 4.04. The molecule has 0 bridgehead atoms. The lowest BCUT2D eigenvalue weighted by molar-refractivity contribution is -0.117. The van der Waals surface area contributed by atoms with E-state index in [1.807, 2.05) is 18.2 Å². The highest BCUT2D eigenvalue weighted by molar-refractivity contribution is 7.22. The van der Waals surface area contributed by atoms with Gasteiger partial charge in [0.25, 0.3) is 0 Å². The van der Waals surface area contributed by atoms with Crippen molar-refractivity contribution in [3.63, 3.8) is 0 Å². The largest absolute Gasteiger partial charge is 0.375 e. The Balaban J connectivity index is 1.93. The number of amides is 1. The van der Waals surface area contributed by atoms with Gasteiger partial charge < -0.3 is 11.5 Å². The summed E-state index contributed by atoms with van der Waals surface area (Å²) in [5.41, 5.74) is 14.9. The monoisotopic (exact) mass is 298 g/mol. The fourth-order valence-corrected chi connectivity index (χ4v) is 2.95. The summed E-state index contributed by atoms with van der Waals surface area (Å²) in [6, 6.07) is 8.03. The highest BCUT2D eigenvalue weighted by atomic mass is 32.1. The fraction of sp³-hybridized carbons (Fsp3) is 0.133. The average molecular weight is 298 g/mol. The highest BCUT2D eigenvalue weighted by Crippen LogP contribution is 2.29. The first-order valence-corrected chi connectivity index (χ1v) is 7.32. The molecule has 0 unspecified atom stereocenters. The van der Waals surface area contributed by atoms with Crippen LogP contribution in [0.3, 0.4) is 0 Å². The molecule has 0 spiro atoms. The number of nitrogens with zero attached hydrogens (tertiary/aromatic N) is 2. The van der Waals surface area contributed by atoms with Crippen molar-refractivity contribution in [2.75, 3.05) is 5.73 Å². The number of anilines is 1. The minimum Gasteiger partial charge on any atom is -0.375 e. The second-order valence-electron chi connectivity index (χ2n) is 4.78. The maximum absolute atomic E-state index is 10.9. The van der Waals surface area contributed by atoms with Crippen molar-refractivity contribution in [2.45, 2.75) is 12.8 Å². The maximum atomic E-state index is 10.9. The van der Waals surface area contributed by atoms with Crippen LogP contribution in [0.25, 0.3) is 21.3 Å². The lowest BCUT2D eigenvalue weighted by Gasteiger charge is -2.04. The molecule has 6 heteroatoms. The van der Waals surface area contributed by atoms with E-state index < -0.39 is 0 Å². The molecule has 0 fully saturated rings. The number of carbonyl (C=O) groups excluding carboxylic acids is 1. The van der Waals surface area contributed by atoms with Gasteiger partial charge in [0.05, 0.1) is 10.2 Å². The van der Waals surface area contributed by atoms with Crippen LogP contribution in [0.1, 0.15) is 12.0 Å². The van der Waals surface area contributed by atoms with Gasteiger partial charge in [0.1, 0.15) is 0 Å². The number of benzene rings is 1. The number of rotatable bonds is 4. The molecule has 2 aromatic heterocycles. The first kappa shape index (κ1) is 13.5. The normalized spacial score (nSPS) is 10.9. The summed E-state index contributed by atoms with van der Waals surface area (Å²) in [6.45, 7) is 0. The van der Waals surface area contributed by atoms with E-state index in [-0.39, 0.29) is 5.91 Å². The standard InChI is InChI=1S/C15H14N4OS/c16-14(20)4-1-9-5-11(8-18-7-9)10-2-3-12-13(6-10)21-15(17)19-12/h2-3,5-8H,1,4H2,(H2,16,20)(H2,17,19). The van der Waals surface area contributed by atoms with Gasteiger partial charge >= 0.3 is 0 Å². The van der Waals surface area contributed by atoms with Gasteiger partial charge in [-0.25, -0.2) is 4.98 Å². The predicted molar refractivity (Wildman–Crippen MR) is 84.8 cm³/mol. The van der Waals surface area contributed by atoms with Crippen molar-refractivity contribution < 1.29 is 4.79 Å². The third kappa shape index (κ3) is 3.00. The molecule has 1 aromatic carbocycles. The summed E-state index contributed by atoms with van der Waals surface area (Å²) in [6.07, 6.45) is 4.50. The number of hydrogen-bond donors (Lipinski definition) is 2. The van der Waals surface area contributed by atoms with E-state index >= 15 is 0 Å². The van der Waals surface area contributed by atoms with Crippen molar-refractivity contribution >= 4 is 32.6 Å². The Labute approximate surface area is 125 Å². The zero-order valence-electron chi connectivity index (χ0n) is 11.2. The molecule has 0 atom stereocenters. The molecule has 4 N–H and O–H groups in total. The molecule has 1 amide bonds. The van der Waals surface area contributed by atoms with Gasteiger partial charge in [-0.3, -0.25) is 9.78 Å². The number of carbonyl (C=O) groups is 1. The number of aryl methyl sites for hydroxylation is 1. The van der Waals surface area contributed by atoms with Gasteiger partial charge in [-0.15, -0.1) is 0 Å². The number of fused-ring (bicyclic) bond motifs is 1. The first-order valence-electron chi connectivity index (χ1n) is 6.50. The summed E-state index contributed by atoms with van der Waals surface area (Å²) in [4.78, 5) is 19.3. The Hall–Kier alpha value is -2.47. The van der Waals surface area contributed by atoms with Crippen LogP contribution in [0, 0.1) is 0 Å². The quantitative estimate of drug-likeness (QED) is 0.773. The number of hydrogen-bond acceptors (Lipinski definition) is 5. The molecule has 0 aliphatic heterocycles. The van der Waals surface area contributed by atoms with Gasteiger partial charge in [0.15, 0.2) is 5.13 Å². The molecule has 106 valence electrons. The molecule has 21 heavy (non-hydrogen) atoms. The summed E-state index contributed by atoms with van der Waals surface area (Å²) in [7, 11) is 0. The molecule has 0 radical (unpaired) electrons. The molecule has 5 nitrogen and oxygen atoms in total. The second-order valence-corrected chi connectivity index (χ2v) is 5.85. The van der Waals surface area contributed by atoms with E-state index in [4.69, 9.17) is 11.5 Å². The van der Waals surface area contributed by atoms with E-state index in [0.29, 0.717) is 18.0 Å². The minimum absolute atomic E-state index is 0.304. The highest BCUT2D eigenvalue weighted by Gasteiger charge is 2.06. The van der Waals surface area contributed by atoms with Gasteiger partial charge in [-0.05, 0) is 35.7 Å². The van der Waals surface area contributed by atoms with Gasteiger partial charge in [-0.1, -0.05) is 17.4 Å². The van der Waals surface area contributed by atoms with E-state index in [1.54, 1.807) is 12.4 Å². The number of nitrogen functional groups attached to an aromatic ring is 1. The summed E-state index contributed by atoms with van der Waals surface area (Å²) in [5.74, 6) is -0.304. The first-order chi connectivity index (χ1) is 10.1. The van der Waals surface area contributed by atoms with Crippen LogP contribution in [0.2, 0.25) is 0 Å². The molecule has 3 rings (SSSR count). The summed E-state index contributed by atoms with van der Waals surface area (Å²) >= 11 is 1.46. The van der Waals surface area contributed by atoms with Gasteiger partial charge in [0, 0.05) is 24.4 Å². The lowest BCUT2D eigenvalue weighted by atomic mass is 10.0. The van der Waals surface area contributed by atoms with E-state index in [1.165, 1.54) is 11.3 Å². The number of pyridine rings is 1. The van der Waals surface area contributed by atoms with Gasteiger partial charge in [0.2, 0.25) is 5.91 Å². The number of thiazole rings is 1. The maximum Gasteiger partial charge on any atom is 0.217 e. The molecule has 0 saturated carbocycles.